The van der Waals surface area contributed by atoms with Gasteiger partial charge in [-0.2, -0.15) is 8.78 Å². The van der Waals surface area contributed by atoms with E-state index < -0.39 is 19.7 Å². The van der Waals surface area contributed by atoms with Crippen molar-refractivity contribution >= 4 is 41.7 Å². The van der Waals surface area contributed by atoms with Crippen molar-refractivity contribution in [2.24, 2.45) is 17.8 Å². The van der Waals surface area contributed by atoms with Crippen molar-refractivity contribution in [1.29, 1.82) is 0 Å². The lowest BCUT2D eigenvalue weighted by Crippen LogP contribution is -2.58. The van der Waals surface area contributed by atoms with Gasteiger partial charge in [-0.25, -0.2) is 24.9 Å². The average Bonchev–Trinajstić information content (AvgIpc) is 3.35. The maximum Gasteiger partial charge on any atom is 0.491 e. The number of carboxylic acid groups (broad SMARTS) is 1. The lowest BCUT2D eigenvalue weighted by atomic mass is 9.61. The van der Waals surface area contributed by atoms with Crippen molar-refractivity contribution in [3.63, 3.8) is 0 Å². The van der Waals surface area contributed by atoms with Gasteiger partial charge in [-0.1, -0.05) is 18.2 Å². The Kier molecular flexibility index (Phi) is 9.30. The molecule has 2 bridgehead atoms. The maximum atomic E-state index is 12.9. The highest BCUT2D eigenvalue weighted by Gasteiger charge is 2.51. The highest BCUT2D eigenvalue weighted by atomic mass is 35.5. The first-order valence-electron chi connectivity index (χ1n) is 14.7. The molecule has 242 valence electrons. The molecule has 3 fully saturated rings. The molecule has 0 radical (unpaired) electrons. The van der Waals surface area contributed by atoms with Gasteiger partial charge >= 0.3 is 19.7 Å². The second-order valence-corrected chi connectivity index (χ2v) is 11.7. The molecular weight excluding hydrogens is 635 g/mol. The third-order valence-corrected chi connectivity index (χ3v) is 8.67. The van der Waals surface area contributed by atoms with Crippen molar-refractivity contribution < 1.29 is 33.5 Å². The summed E-state index contributed by atoms with van der Waals surface area (Å²) in [5.74, 6) is 0.119. The van der Waals surface area contributed by atoms with E-state index in [1.54, 1.807) is 30.6 Å². The Bertz CT molecular complexity index is 1870. The van der Waals surface area contributed by atoms with Crippen LogP contribution < -0.4 is 15.1 Å². The number of anilines is 1. The predicted molar refractivity (Wildman–Crippen MR) is 169 cm³/mol. The van der Waals surface area contributed by atoms with Gasteiger partial charge in [-0.3, -0.25) is 4.79 Å². The van der Waals surface area contributed by atoms with Crippen LogP contribution in [0.4, 0.5) is 14.7 Å². The van der Waals surface area contributed by atoms with Crippen LogP contribution in [0.3, 0.4) is 0 Å². The Morgan fingerprint density at radius 1 is 1.02 bits per heavy atom. The van der Waals surface area contributed by atoms with Gasteiger partial charge in [0.2, 0.25) is 11.2 Å². The molecule has 2 saturated heterocycles. The molecule has 47 heavy (non-hydrogen) atoms. The average molecular weight is 664 g/mol. The summed E-state index contributed by atoms with van der Waals surface area (Å²) in [6, 6.07) is 10.6. The van der Waals surface area contributed by atoms with Gasteiger partial charge in [-0.05, 0) is 55.0 Å². The van der Waals surface area contributed by atoms with Crippen molar-refractivity contribution in [3.8, 4) is 16.9 Å². The van der Waals surface area contributed by atoms with E-state index in [0.29, 0.717) is 31.0 Å². The van der Waals surface area contributed by atoms with E-state index in [0.717, 1.165) is 34.6 Å². The number of ether oxygens (including phenoxy) is 1. The standard InChI is InChI=1S/C27H25F2N5O3.C4H4BClN2O2/c1-15-21(9-16-4-2-3-5-22(16)37-26(28)29)34-14-17(6-7-23(34)32-15)20-10-30-27(31-11-20)33-12-18-8-19(13-33)24(18)25(35)36;6-4-7-1-3(2-8-4)5(9)10/h2-7,10-11,14,18-19,24,26H,8-9,12-13H2,1H3,(H,35,36);1-2,9-10H. The van der Waals surface area contributed by atoms with Gasteiger partial charge in [0.1, 0.15) is 11.4 Å². The fourth-order valence-corrected chi connectivity index (χ4v) is 6.28. The number of halogens is 3. The van der Waals surface area contributed by atoms with E-state index in [2.05, 4.69) is 29.8 Å². The van der Waals surface area contributed by atoms with Crippen molar-refractivity contribution in [3.05, 3.63) is 89.6 Å². The second kappa shape index (κ2) is 13.6. The number of aliphatic carboxylic acids is 1. The fraction of sp³-hybridized carbons (Fsp3) is 0.290. The molecule has 5 aromatic rings. The van der Waals surface area contributed by atoms with Gasteiger partial charge in [0.15, 0.2) is 0 Å². The van der Waals surface area contributed by atoms with Crippen LogP contribution in [0.1, 0.15) is 23.4 Å². The number of nitrogens with zero attached hydrogens (tertiary/aromatic N) is 7. The summed E-state index contributed by atoms with van der Waals surface area (Å²) in [6.45, 7) is 0.322. The highest BCUT2D eigenvalue weighted by molar-refractivity contribution is 6.58. The number of aryl methyl sites for hydroxylation is 1. The van der Waals surface area contributed by atoms with E-state index in [-0.39, 0.29) is 34.2 Å². The van der Waals surface area contributed by atoms with Gasteiger partial charge in [0.25, 0.3) is 0 Å². The number of aromatic nitrogens is 6. The smallest absolute Gasteiger partial charge is 0.481 e. The van der Waals surface area contributed by atoms with Gasteiger partial charge in [-0.15, -0.1) is 0 Å². The predicted octanol–water partition coefficient (Wildman–Crippen LogP) is 3.26. The van der Waals surface area contributed by atoms with Crippen LogP contribution in [-0.2, 0) is 11.2 Å². The summed E-state index contributed by atoms with van der Waals surface area (Å²) in [4.78, 5) is 34.3. The fourth-order valence-electron chi connectivity index (χ4n) is 6.18. The lowest BCUT2D eigenvalue weighted by Gasteiger charge is -2.51. The zero-order valence-electron chi connectivity index (χ0n) is 25.0. The number of benzene rings is 1. The van der Waals surface area contributed by atoms with Gasteiger partial charge in [0, 0.05) is 78.3 Å². The number of fused-ring (bicyclic) bond motifs is 3. The van der Waals surface area contributed by atoms with E-state index in [4.69, 9.17) is 26.4 Å². The summed E-state index contributed by atoms with van der Waals surface area (Å²) in [5, 5.41) is 26.6. The van der Waals surface area contributed by atoms with Crippen molar-refractivity contribution in [2.45, 2.75) is 26.4 Å². The number of rotatable bonds is 8. The van der Waals surface area contributed by atoms with Crippen LogP contribution in [0.2, 0.25) is 5.28 Å². The number of imidazole rings is 1. The maximum absolute atomic E-state index is 12.9. The number of piperidine rings is 2. The molecule has 3 N–H and O–H groups in total. The molecule has 2 unspecified atom stereocenters. The number of carbonyl (C=O) groups is 1. The first kappa shape index (κ1) is 32.2. The quantitative estimate of drug-likeness (QED) is 0.165. The van der Waals surface area contributed by atoms with Gasteiger partial charge < -0.3 is 29.2 Å². The molecular formula is C31H29BClF2N7O5. The number of alkyl halides is 2. The molecule has 8 rings (SSSR count). The van der Waals surface area contributed by atoms with Crippen molar-refractivity contribution in [2.75, 3.05) is 18.0 Å². The second-order valence-electron chi connectivity index (χ2n) is 11.4. The third kappa shape index (κ3) is 7.01. The minimum absolute atomic E-state index is 0.0874. The molecule has 2 aliphatic heterocycles. The minimum Gasteiger partial charge on any atom is -0.481 e. The number of pyridine rings is 1. The lowest BCUT2D eigenvalue weighted by molar-refractivity contribution is -0.153. The first-order chi connectivity index (χ1) is 22.6. The zero-order valence-corrected chi connectivity index (χ0v) is 25.7. The van der Waals surface area contributed by atoms with Crippen molar-refractivity contribution in [1.82, 2.24) is 29.3 Å². The third-order valence-electron chi connectivity index (χ3n) is 8.47. The monoisotopic (exact) mass is 663 g/mol. The van der Waals surface area contributed by atoms with Crippen LogP contribution in [0.15, 0.2) is 67.4 Å². The summed E-state index contributed by atoms with van der Waals surface area (Å²) in [7, 11) is -1.53. The van der Waals surface area contributed by atoms with E-state index in [1.165, 1.54) is 18.5 Å². The summed E-state index contributed by atoms with van der Waals surface area (Å²) < 4.78 is 32.5. The molecule has 2 atom stereocenters. The van der Waals surface area contributed by atoms with Gasteiger partial charge in [0.05, 0.1) is 11.6 Å². The molecule has 1 aromatic carbocycles. The first-order valence-corrected chi connectivity index (χ1v) is 15.1. The molecule has 0 amide bonds. The number of hydrogen-bond donors (Lipinski definition) is 3. The number of carboxylic acids is 1. The largest absolute Gasteiger partial charge is 0.491 e. The Balaban J connectivity index is 0.000000332. The highest BCUT2D eigenvalue weighted by Crippen LogP contribution is 2.46. The summed E-state index contributed by atoms with van der Waals surface area (Å²) >= 11 is 5.33. The van der Waals surface area contributed by atoms with Crippen LogP contribution in [0.5, 0.6) is 5.75 Å². The molecule has 12 nitrogen and oxygen atoms in total. The minimum atomic E-state index is -2.90. The Labute approximate surface area is 272 Å². The topological polar surface area (TPSA) is 159 Å². The Morgan fingerprint density at radius 2 is 1.70 bits per heavy atom. The van der Waals surface area contributed by atoms with E-state index in [1.807, 2.05) is 29.7 Å². The van der Waals surface area contributed by atoms with E-state index >= 15 is 0 Å². The molecule has 1 aliphatic carbocycles. The molecule has 16 heteroatoms. The van der Waals surface area contributed by atoms with Crippen LogP contribution in [-0.4, -0.2) is 77.3 Å². The van der Waals surface area contributed by atoms with Crippen LogP contribution in [0.25, 0.3) is 16.8 Å². The van der Waals surface area contributed by atoms with Crippen LogP contribution >= 0.6 is 11.6 Å². The van der Waals surface area contributed by atoms with E-state index in [9.17, 15) is 18.7 Å². The zero-order chi connectivity index (χ0) is 33.2. The number of para-hydroxylation sites is 1. The Morgan fingerprint density at radius 3 is 2.34 bits per heavy atom. The normalized spacial score (nSPS) is 18.4. The molecule has 0 spiro atoms. The summed E-state index contributed by atoms with van der Waals surface area (Å²) in [6.07, 6.45) is 9.33. The number of hydrogen-bond acceptors (Lipinski definition) is 10. The van der Waals surface area contributed by atoms with Crippen LogP contribution in [0, 0.1) is 24.7 Å². The molecule has 3 aliphatic rings. The molecule has 6 heterocycles. The Hall–Kier alpha value is -4.73. The molecule has 1 saturated carbocycles. The summed E-state index contributed by atoms with van der Waals surface area (Å²) in [5.41, 5.74) is 5.03. The SMILES string of the molecule is Cc1nc2ccc(-c3cnc(N4CC5CC(C4)C5C(=O)O)nc3)cn2c1Cc1ccccc1OC(F)F.OB(O)c1cnc(Cl)nc1. The molecule has 4 aromatic heterocycles.